The molecule has 1 aromatic heterocycles. The van der Waals surface area contributed by atoms with Gasteiger partial charge in [0.2, 0.25) is 0 Å². The van der Waals surface area contributed by atoms with Gasteiger partial charge in [-0.1, -0.05) is 0 Å². The van der Waals surface area contributed by atoms with Crippen LogP contribution in [0.3, 0.4) is 0 Å². The van der Waals surface area contributed by atoms with Gasteiger partial charge in [0.1, 0.15) is 5.69 Å². The molecule has 154 valence electrons. The van der Waals surface area contributed by atoms with Crippen LogP contribution in [0.2, 0.25) is 0 Å². The fourth-order valence-corrected chi connectivity index (χ4v) is 3.54. The van der Waals surface area contributed by atoms with Gasteiger partial charge < -0.3 is 9.80 Å². The molecule has 1 fully saturated rings. The molecular formula is C17H15F3N4O4S. The zero-order valence-corrected chi connectivity index (χ0v) is 15.7. The summed E-state index contributed by atoms with van der Waals surface area (Å²) >= 11 is 0. The van der Waals surface area contributed by atoms with Crippen LogP contribution >= 0.6 is 0 Å². The lowest BCUT2D eigenvalue weighted by Crippen LogP contribution is -2.50. The largest absolute Gasteiger partial charge is 0.501 e. The lowest BCUT2D eigenvalue weighted by molar-refractivity contribution is -0.0436. The van der Waals surface area contributed by atoms with Crippen molar-refractivity contribution in [3.8, 4) is 0 Å². The maximum Gasteiger partial charge on any atom is 0.501 e. The van der Waals surface area contributed by atoms with Gasteiger partial charge in [-0.2, -0.15) is 13.2 Å². The Hall–Kier alpha value is -3.02. The molecule has 1 aliphatic heterocycles. The summed E-state index contributed by atoms with van der Waals surface area (Å²) in [6.45, 7) is 0.935. The lowest BCUT2D eigenvalue weighted by atomic mass is 10.2. The SMILES string of the molecule is O=C(c1ccc(S(=O)(=O)C(F)(F)F)cc1)N1CCN(C(=O)c2cnccn2)CC1. The maximum absolute atomic E-state index is 12.6. The minimum atomic E-state index is -5.47. The Morgan fingerprint density at radius 3 is 1.93 bits per heavy atom. The van der Waals surface area contributed by atoms with Crippen molar-refractivity contribution in [1.29, 1.82) is 0 Å². The van der Waals surface area contributed by atoms with Crippen molar-refractivity contribution < 1.29 is 31.2 Å². The summed E-state index contributed by atoms with van der Waals surface area (Å²) in [6, 6.07) is 3.59. The highest BCUT2D eigenvalue weighted by Gasteiger charge is 2.46. The van der Waals surface area contributed by atoms with E-state index in [-0.39, 0.29) is 43.3 Å². The quantitative estimate of drug-likeness (QED) is 0.732. The van der Waals surface area contributed by atoms with Crippen molar-refractivity contribution in [3.63, 3.8) is 0 Å². The fourth-order valence-electron chi connectivity index (χ4n) is 2.78. The number of benzene rings is 1. The van der Waals surface area contributed by atoms with E-state index in [2.05, 4.69) is 9.97 Å². The van der Waals surface area contributed by atoms with Crippen LogP contribution in [0.15, 0.2) is 47.8 Å². The van der Waals surface area contributed by atoms with Gasteiger partial charge in [-0.3, -0.25) is 14.6 Å². The van der Waals surface area contributed by atoms with Crippen molar-refractivity contribution in [1.82, 2.24) is 19.8 Å². The van der Waals surface area contributed by atoms with Crippen molar-refractivity contribution in [2.24, 2.45) is 0 Å². The van der Waals surface area contributed by atoms with Crippen LogP contribution in [0.5, 0.6) is 0 Å². The number of piperazine rings is 1. The van der Waals surface area contributed by atoms with Gasteiger partial charge in [-0.05, 0) is 24.3 Å². The van der Waals surface area contributed by atoms with Crippen LogP contribution < -0.4 is 0 Å². The first-order chi connectivity index (χ1) is 13.6. The van der Waals surface area contributed by atoms with Crippen molar-refractivity contribution >= 4 is 21.7 Å². The highest BCUT2D eigenvalue weighted by Crippen LogP contribution is 2.30. The number of amides is 2. The van der Waals surface area contributed by atoms with Gasteiger partial charge in [-0.15, -0.1) is 0 Å². The number of hydrogen-bond donors (Lipinski definition) is 0. The molecule has 1 aromatic carbocycles. The van der Waals surface area contributed by atoms with Gasteiger partial charge in [0, 0.05) is 44.1 Å². The molecule has 8 nitrogen and oxygen atoms in total. The predicted molar refractivity (Wildman–Crippen MR) is 93.5 cm³/mol. The second-order valence-electron chi connectivity index (χ2n) is 6.15. The molecule has 29 heavy (non-hydrogen) atoms. The normalized spacial score (nSPS) is 15.3. The number of carbonyl (C=O) groups is 2. The molecule has 1 aliphatic rings. The molecule has 0 bridgehead atoms. The third kappa shape index (κ3) is 4.21. The smallest absolute Gasteiger partial charge is 0.335 e. The Labute approximate surface area is 163 Å². The average molecular weight is 428 g/mol. The molecule has 3 rings (SSSR count). The molecule has 2 amide bonds. The van der Waals surface area contributed by atoms with E-state index in [0.717, 1.165) is 24.3 Å². The summed E-state index contributed by atoms with van der Waals surface area (Å²) < 4.78 is 60.5. The standard InChI is InChI=1S/C17H15F3N4O4S/c18-17(19,20)29(27,28)13-3-1-12(2-4-13)15(25)23-7-9-24(10-8-23)16(26)14-11-21-5-6-22-14/h1-6,11H,7-10H2. The van der Waals surface area contributed by atoms with Crippen molar-refractivity contribution in [3.05, 3.63) is 54.1 Å². The molecule has 2 aromatic rings. The predicted octanol–water partition coefficient (Wildman–Crippen LogP) is 1.37. The Bertz CT molecular complexity index is 1000. The molecule has 0 atom stereocenters. The summed E-state index contributed by atoms with van der Waals surface area (Å²) in [5.41, 5.74) is -5.17. The second-order valence-corrected chi connectivity index (χ2v) is 8.09. The number of aromatic nitrogens is 2. The van der Waals surface area contributed by atoms with Gasteiger partial charge in [-0.25, -0.2) is 13.4 Å². The van der Waals surface area contributed by atoms with E-state index in [1.165, 1.54) is 28.4 Å². The second kappa shape index (κ2) is 7.78. The minimum Gasteiger partial charge on any atom is -0.335 e. The van der Waals surface area contributed by atoms with E-state index in [4.69, 9.17) is 0 Å². The molecule has 12 heteroatoms. The number of alkyl halides is 3. The molecule has 0 N–H and O–H groups in total. The van der Waals surface area contributed by atoms with E-state index in [9.17, 15) is 31.2 Å². The van der Waals surface area contributed by atoms with E-state index in [0.29, 0.717) is 0 Å². The fraction of sp³-hybridized carbons (Fsp3) is 0.294. The third-order valence-electron chi connectivity index (χ3n) is 4.35. The number of nitrogens with zero attached hydrogens (tertiary/aromatic N) is 4. The molecule has 0 saturated carbocycles. The van der Waals surface area contributed by atoms with Gasteiger partial charge >= 0.3 is 5.51 Å². The van der Waals surface area contributed by atoms with Gasteiger partial charge in [0.25, 0.3) is 21.7 Å². The van der Waals surface area contributed by atoms with E-state index in [1.807, 2.05) is 0 Å². The number of hydrogen-bond acceptors (Lipinski definition) is 6. The molecule has 1 saturated heterocycles. The first-order valence-electron chi connectivity index (χ1n) is 8.37. The highest BCUT2D eigenvalue weighted by atomic mass is 32.2. The average Bonchev–Trinajstić information content (AvgIpc) is 2.73. The highest BCUT2D eigenvalue weighted by molar-refractivity contribution is 7.92. The summed E-state index contributed by atoms with van der Waals surface area (Å²) in [5, 5.41) is 0. The number of sulfone groups is 1. The monoisotopic (exact) mass is 428 g/mol. The Morgan fingerprint density at radius 2 is 1.45 bits per heavy atom. The minimum absolute atomic E-state index is 0.0554. The maximum atomic E-state index is 12.6. The third-order valence-corrected chi connectivity index (χ3v) is 5.85. The zero-order chi connectivity index (χ0) is 21.2. The number of rotatable bonds is 3. The summed E-state index contributed by atoms with van der Waals surface area (Å²) in [4.78, 5) is 34.7. The van der Waals surface area contributed by atoms with Gasteiger partial charge in [0.05, 0.1) is 11.1 Å². The van der Waals surface area contributed by atoms with Crippen LogP contribution in [0, 0.1) is 0 Å². The summed E-state index contributed by atoms with van der Waals surface area (Å²) in [5.74, 6) is -0.778. The number of carbonyl (C=O) groups excluding carboxylic acids is 2. The van der Waals surface area contributed by atoms with E-state index >= 15 is 0 Å². The first-order valence-corrected chi connectivity index (χ1v) is 9.85. The Morgan fingerprint density at radius 1 is 0.897 bits per heavy atom. The van der Waals surface area contributed by atoms with Crippen molar-refractivity contribution in [2.75, 3.05) is 26.2 Å². The zero-order valence-electron chi connectivity index (χ0n) is 14.8. The van der Waals surface area contributed by atoms with E-state index in [1.54, 1.807) is 0 Å². The van der Waals surface area contributed by atoms with Crippen LogP contribution in [0.4, 0.5) is 13.2 Å². The van der Waals surface area contributed by atoms with Gasteiger partial charge in [0.15, 0.2) is 0 Å². The Kier molecular flexibility index (Phi) is 5.55. The van der Waals surface area contributed by atoms with Crippen LogP contribution in [-0.4, -0.2) is 71.7 Å². The van der Waals surface area contributed by atoms with Crippen molar-refractivity contribution in [2.45, 2.75) is 10.4 Å². The lowest BCUT2D eigenvalue weighted by Gasteiger charge is -2.34. The van der Waals surface area contributed by atoms with Crippen LogP contribution in [0.1, 0.15) is 20.8 Å². The first kappa shape index (κ1) is 20.7. The van der Waals surface area contributed by atoms with E-state index < -0.39 is 26.1 Å². The Balaban J connectivity index is 1.65. The summed E-state index contributed by atoms with van der Waals surface area (Å²) in [7, 11) is -5.47. The molecule has 0 radical (unpaired) electrons. The topological polar surface area (TPSA) is 101 Å². The number of halogens is 3. The molecule has 0 spiro atoms. The molecule has 2 heterocycles. The van der Waals surface area contributed by atoms with Crippen LogP contribution in [-0.2, 0) is 9.84 Å². The molecular weight excluding hydrogens is 413 g/mol. The van der Waals surface area contributed by atoms with Crippen LogP contribution in [0.25, 0.3) is 0 Å². The molecule has 0 aliphatic carbocycles. The summed E-state index contributed by atoms with van der Waals surface area (Å²) in [6.07, 6.45) is 4.19. The molecule has 0 unspecified atom stereocenters.